The molecule has 15 heavy (non-hydrogen) atoms. The van der Waals surface area contributed by atoms with Crippen LogP contribution in [0.4, 0.5) is 0 Å². The van der Waals surface area contributed by atoms with Gasteiger partial charge in [0.25, 0.3) is 0 Å². The summed E-state index contributed by atoms with van der Waals surface area (Å²) >= 11 is 0. The highest BCUT2D eigenvalue weighted by molar-refractivity contribution is 4.93. The van der Waals surface area contributed by atoms with E-state index in [1.807, 2.05) is 13.2 Å². The summed E-state index contributed by atoms with van der Waals surface area (Å²) in [6.07, 6.45) is 1.98. The lowest BCUT2D eigenvalue weighted by atomic mass is 10.1. The second-order valence-electron chi connectivity index (χ2n) is 4.55. The van der Waals surface area contributed by atoms with E-state index in [1.165, 1.54) is 0 Å². The molecule has 0 amide bonds. The highest BCUT2D eigenvalue weighted by Crippen LogP contribution is 2.07. The second-order valence-corrected chi connectivity index (χ2v) is 4.55. The average Bonchev–Trinajstić information content (AvgIpc) is 2.49. The molecule has 2 atom stereocenters. The van der Waals surface area contributed by atoms with Gasteiger partial charge in [0.05, 0.1) is 5.69 Å². The van der Waals surface area contributed by atoms with Crippen molar-refractivity contribution in [1.82, 2.24) is 25.2 Å². The van der Waals surface area contributed by atoms with E-state index in [0.717, 1.165) is 25.3 Å². The Morgan fingerprint density at radius 1 is 1.40 bits per heavy atom. The third-order valence-electron chi connectivity index (χ3n) is 2.67. The number of hydrogen-bond acceptors (Lipinski definition) is 4. The first-order chi connectivity index (χ1) is 7.13. The van der Waals surface area contributed by atoms with Crippen molar-refractivity contribution in [1.29, 1.82) is 0 Å². The number of nitrogens with zero attached hydrogens (tertiary/aromatic N) is 4. The summed E-state index contributed by atoms with van der Waals surface area (Å²) in [4.78, 5) is 2.43. The largest absolute Gasteiger partial charge is 0.309 e. The number of rotatable bonds is 2. The zero-order valence-corrected chi connectivity index (χ0v) is 9.64. The van der Waals surface area contributed by atoms with Gasteiger partial charge in [-0.1, -0.05) is 5.21 Å². The first kappa shape index (κ1) is 10.6. The molecule has 1 aromatic heterocycles. The van der Waals surface area contributed by atoms with Gasteiger partial charge in [-0.3, -0.25) is 9.58 Å². The SMILES string of the molecule is CC1CN(Cc2cn(C)nn2)CC(C)N1. The van der Waals surface area contributed by atoms with Crippen molar-refractivity contribution in [2.75, 3.05) is 13.1 Å². The molecule has 0 aliphatic carbocycles. The van der Waals surface area contributed by atoms with Crippen molar-refractivity contribution in [3.8, 4) is 0 Å². The second kappa shape index (κ2) is 4.28. The van der Waals surface area contributed by atoms with Crippen molar-refractivity contribution in [3.63, 3.8) is 0 Å². The fourth-order valence-corrected chi connectivity index (χ4v) is 2.27. The molecule has 1 N–H and O–H groups in total. The first-order valence-electron chi connectivity index (χ1n) is 5.47. The lowest BCUT2D eigenvalue weighted by Gasteiger charge is -2.35. The minimum Gasteiger partial charge on any atom is -0.309 e. The van der Waals surface area contributed by atoms with E-state index in [4.69, 9.17) is 0 Å². The van der Waals surface area contributed by atoms with E-state index in [-0.39, 0.29) is 0 Å². The number of hydrogen-bond donors (Lipinski definition) is 1. The van der Waals surface area contributed by atoms with Crippen LogP contribution in [-0.4, -0.2) is 45.1 Å². The third kappa shape index (κ3) is 2.76. The van der Waals surface area contributed by atoms with Gasteiger partial charge in [-0.15, -0.1) is 5.10 Å². The molecule has 1 aromatic rings. The van der Waals surface area contributed by atoms with Crippen LogP contribution in [0.1, 0.15) is 19.5 Å². The highest BCUT2D eigenvalue weighted by atomic mass is 15.4. The van der Waals surface area contributed by atoms with Crippen molar-refractivity contribution < 1.29 is 0 Å². The fourth-order valence-electron chi connectivity index (χ4n) is 2.27. The molecule has 0 saturated carbocycles. The molecule has 5 nitrogen and oxygen atoms in total. The normalized spacial score (nSPS) is 28.2. The molecule has 0 aromatic carbocycles. The summed E-state index contributed by atoms with van der Waals surface area (Å²) in [6.45, 7) is 7.52. The van der Waals surface area contributed by atoms with E-state index in [0.29, 0.717) is 12.1 Å². The quantitative estimate of drug-likeness (QED) is 0.744. The van der Waals surface area contributed by atoms with Crippen LogP contribution in [0, 0.1) is 0 Å². The van der Waals surface area contributed by atoms with Crippen LogP contribution in [0.5, 0.6) is 0 Å². The molecular weight excluding hydrogens is 190 g/mol. The Bertz CT molecular complexity index is 311. The van der Waals surface area contributed by atoms with Crippen molar-refractivity contribution >= 4 is 0 Å². The predicted octanol–water partition coefficient (Wildman–Crippen LogP) is -0.00270. The van der Waals surface area contributed by atoms with E-state index < -0.39 is 0 Å². The Hall–Kier alpha value is -0.940. The predicted molar refractivity (Wildman–Crippen MR) is 58.3 cm³/mol. The smallest absolute Gasteiger partial charge is 0.0967 e. The fraction of sp³-hybridized carbons (Fsp3) is 0.800. The number of aromatic nitrogens is 3. The molecule has 5 heteroatoms. The van der Waals surface area contributed by atoms with Gasteiger partial charge >= 0.3 is 0 Å². The Labute approximate surface area is 90.5 Å². The van der Waals surface area contributed by atoms with Gasteiger partial charge in [-0.25, -0.2) is 0 Å². The van der Waals surface area contributed by atoms with Gasteiger partial charge in [0.1, 0.15) is 0 Å². The molecule has 0 spiro atoms. The van der Waals surface area contributed by atoms with Crippen LogP contribution in [0.15, 0.2) is 6.20 Å². The topological polar surface area (TPSA) is 46.0 Å². The Morgan fingerprint density at radius 3 is 2.60 bits per heavy atom. The van der Waals surface area contributed by atoms with Crippen LogP contribution in [0.25, 0.3) is 0 Å². The van der Waals surface area contributed by atoms with Crippen molar-refractivity contribution in [3.05, 3.63) is 11.9 Å². The summed E-state index contributed by atoms with van der Waals surface area (Å²) in [5, 5.41) is 11.6. The van der Waals surface area contributed by atoms with Gasteiger partial charge in [-0.05, 0) is 13.8 Å². The van der Waals surface area contributed by atoms with Crippen molar-refractivity contribution in [2.45, 2.75) is 32.5 Å². The van der Waals surface area contributed by atoms with Gasteiger partial charge in [0, 0.05) is 45.0 Å². The Balaban J connectivity index is 1.94. The lowest BCUT2D eigenvalue weighted by molar-refractivity contribution is 0.165. The highest BCUT2D eigenvalue weighted by Gasteiger charge is 2.21. The minimum atomic E-state index is 0.561. The molecular formula is C10H19N5. The van der Waals surface area contributed by atoms with Crippen molar-refractivity contribution in [2.24, 2.45) is 7.05 Å². The van der Waals surface area contributed by atoms with Gasteiger partial charge < -0.3 is 5.32 Å². The number of piperazine rings is 1. The summed E-state index contributed by atoms with van der Waals surface area (Å²) in [7, 11) is 1.90. The van der Waals surface area contributed by atoms with Gasteiger partial charge in [-0.2, -0.15) is 0 Å². The maximum atomic E-state index is 4.11. The van der Waals surface area contributed by atoms with E-state index >= 15 is 0 Å². The van der Waals surface area contributed by atoms with Crippen LogP contribution < -0.4 is 5.32 Å². The van der Waals surface area contributed by atoms with Gasteiger partial charge in [0.15, 0.2) is 0 Å². The molecule has 0 bridgehead atoms. The molecule has 2 unspecified atom stereocenters. The standard InChI is InChI=1S/C10H19N5/c1-8-4-15(5-9(2)11-8)7-10-6-14(3)13-12-10/h6,8-9,11H,4-5,7H2,1-3H3. The molecule has 2 rings (SSSR count). The third-order valence-corrected chi connectivity index (χ3v) is 2.67. The molecule has 1 aliphatic rings. The van der Waals surface area contributed by atoms with E-state index in [2.05, 4.69) is 34.4 Å². The van der Waals surface area contributed by atoms with Crippen LogP contribution >= 0.6 is 0 Å². The summed E-state index contributed by atoms with van der Waals surface area (Å²) in [5.41, 5.74) is 1.05. The first-order valence-corrected chi connectivity index (χ1v) is 5.47. The Morgan fingerprint density at radius 2 is 2.07 bits per heavy atom. The van der Waals surface area contributed by atoms with Gasteiger partial charge in [0.2, 0.25) is 0 Å². The maximum absolute atomic E-state index is 4.11. The summed E-state index contributed by atoms with van der Waals surface area (Å²) in [5.74, 6) is 0. The Kier molecular flexibility index (Phi) is 3.02. The molecule has 2 heterocycles. The molecule has 1 saturated heterocycles. The number of aryl methyl sites for hydroxylation is 1. The monoisotopic (exact) mass is 209 g/mol. The number of nitrogens with one attached hydrogen (secondary N) is 1. The molecule has 1 fully saturated rings. The van der Waals surface area contributed by atoms with Crippen LogP contribution in [0.3, 0.4) is 0 Å². The van der Waals surface area contributed by atoms with E-state index in [9.17, 15) is 0 Å². The molecule has 1 aliphatic heterocycles. The zero-order valence-electron chi connectivity index (χ0n) is 9.64. The summed E-state index contributed by atoms with van der Waals surface area (Å²) < 4.78 is 1.75. The average molecular weight is 209 g/mol. The molecule has 0 radical (unpaired) electrons. The minimum absolute atomic E-state index is 0.561. The van der Waals surface area contributed by atoms with E-state index in [1.54, 1.807) is 4.68 Å². The maximum Gasteiger partial charge on any atom is 0.0967 e. The van der Waals surface area contributed by atoms with Crippen LogP contribution in [0.2, 0.25) is 0 Å². The molecule has 84 valence electrons. The lowest BCUT2D eigenvalue weighted by Crippen LogP contribution is -2.53. The zero-order chi connectivity index (χ0) is 10.8. The summed E-state index contributed by atoms with van der Waals surface area (Å²) in [6, 6.07) is 1.12. The van der Waals surface area contributed by atoms with Crippen LogP contribution in [-0.2, 0) is 13.6 Å².